The maximum atomic E-state index is 13.1. The lowest BCUT2D eigenvalue weighted by Gasteiger charge is -2.13. The minimum absolute atomic E-state index is 0.0306. The van der Waals surface area contributed by atoms with E-state index in [-0.39, 0.29) is 23.4 Å². The van der Waals surface area contributed by atoms with E-state index >= 15 is 0 Å². The summed E-state index contributed by atoms with van der Waals surface area (Å²) >= 11 is 0. The van der Waals surface area contributed by atoms with Crippen LogP contribution in [0.15, 0.2) is 53.8 Å². The van der Waals surface area contributed by atoms with Gasteiger partial charge in [-0.1, -0.05) is 45.6 Å². The van der Waals surface area contributed by atoms with E-state index in [9.17, 15) is 27.2 Å². The van der Waals surface area contributed by atoms with Crippen molar-refractivity contribution in [2.24, 2.45) is 0 Å². The van der Waals surface area contributed by atoms with Crippen LogP contribution in [-0.2, 0) is 15.0 Å². The number of carbonyl (C=O) groups excluding carboxylic acids is 2. The zero-order chi connectivity index (χ0) is 28.8. The predicted octanol–water partition coefficient (Wildman–Crippen LogP) is 6.01. The molecule has 2 rings (SSSR count). The lowest BCUT2D eigenvalue weighted by Crippen LogP contribution is -2.32. The second kappa shape index (κ2) is 15.5. The number of benzene rings is 1. The number of halogens is 4. The Bertz CT molecular complexity index is 1050. The average Bonchev–Trinajstić information content (AvgIpc) is 3.60. The van der Waals surface area contributed by atoms with Crippen molar-refractivity contribution in [2.45, 2.75) is 66.2 Å². The number of nitrogens with zero attached hydrogens (tertiary/aromatic N) is 1. The summed E-state index contributed by atoms with van der Waals surface area (Å²) in [5.41, 5.74) is 2.14. The fourth-order valence-corrected chi connectivity index (χ4v) is 3.03. The van der Waals surface area contributed by atoms with Crippen LogP contribution in [0, 0.1) is 17.1 Å². The molecule has 1 fully saturated rings. The highest BCUT2D eigenvalue weighted by molar-refractivity contribution is 5.98. The van der Waals surface area contributed by atoms with Gasteiger partial charge >= 0.3 is 6.36 Å². The second-order valence-corrected chi connectivity index (χ2v) is 8.00. The van der Waals surface area contributed by atoms with E-state index in [0.29, 0.717) is 17.7 Å². The van der Waals surface area contributed by atoms with Gasteiger partial charge in [-0.05, 0) is 62.3 Å². The first kappa shape index (κ1) is 33.4. The Labute approximate surface area is 216 Å². The van der Waals surface area contributed by atoms with E-state index in [2.05, 4.69) is 21.9 Å². The highest BCUT2D eigenvalue weighted by Crippen LogP contribution is 2.48. The smallest absolute Gasteiger partial charge is 0.403 e. The molecule has 1 aliphatic rings. The molecule has 204 valence electrons. The number of rotatable bonds is 9. The monoisotopic (exact) mass is 525 g/mol. The van der Waals surface area contributed by atoms with Crippen LogP contribution < -0.4 is 15.4 Å². The van der Waals surface area contributed by atoms with Crippen LogP contribution in [0.4, 0.5) is 17.6 Å². The first-order valence-electron chi connectivity index (χ1n) is 11.7. The predicted molar refractivity (Wildman–Crippen MR) is 135 cm³/mol. The number of nitriles is 1. The van der Waals surface area contributed by atoms with E-state index in [4.69, 9.17) is 5.26 Å². The minimum Gasteiger partial charge on any atom is -0.403 e. The van der Waals surface area contributed by atoms with Gasteiger partial charge in [0.05, 0.1) is 11.8 Å². The molecule has 1 aromatic rings. The van der Waals surface area contributed by atoms with Crippen molar-refractivity contribution in [1.29, 1.82) is 5.26 Å². The van der Waals surface area contributed by atoms with Gasteiger partial charge in [0.15, 0.2) is 17.3 Å². The first-order valence-corrected chi connectivity index (χ1v) is 11.7. The number of nitrogens with one attached hydrogen (secondary N) is 2. The summed E-state index contributed by atoms with van der Waals surface area (Å²) in [6.07, 6.45) is 0.500. The van der Waals surface area contributed by atoms with Crippen LogP contribution in [0.2, 0.25) is 0 Å². The van der Waals surface area contributed by atoms with Crippen molar-refractivity contribution in [3.8, 4) is 11.8 Å². The third-order valence-corrected chi connectivity index (χ3v) is 5.31. The summed E-state index contributed by atoms with van der Waals surface area (Å²) in [5, 5.41) is 13.6. The number of hydrogen-bond acceptors (Lipinski definition) is 5. The van der Waals surface area contributed by atoms with Crippen LogP contribution in [0.3, 0.4) is 0 Å². The highest BCUT2D eigenvalue weighted by Gasteiger charge is 2.40. The van der Waals surface area contributed by atoms with Gasteiger partial charge in [0.2, 0.25) is 0 Å². The molecule has 1 saturated carbocycles. The zero-order valence-corrected chi connectivity index (χ0v) is 22.1. The van der Waals surface area contributed by atoms with Crippen molar-refractivity contribution in [2.75, 3.05) is 13.1 Å². The molecule has 0 bridgehead atoms. The topological polar surface area (TPSA) is 91.2 Å². The fourth-order valence-electron chi connectivity index (χ4n) is 3.03. The van der Waals surface area contributed by atoms with Crippen LogP contribution in [0.1, 0.15) is 59.9 Å². The van der Waals surface area contributed by atoms with Crippen LogP contribution in [0.25, 0.3) is 0 Å². The highest BCUT2D eigenvalue weighted by atomic mass is 19.4. The molecule has 1 aliphatic carbocycles. The number of ether oxygens (including phenoxy) is 1. The molecule has 0 radical (unpaired) electrons. The molecular formula is C27H35F4N3O3. The van der Waals surface area contributed by atoms with Crippen LogP contribution in [-0.4, -0.2) is 31.1 Å². The molecule has 6 nitrogen and oxygen atoms in total. The third-order valence-electron chi connectivity index (χ3n) is 5.31. The number of Topliss-reactive ketones (excluding diaryl/α,β-unsaturated/α-hetero) is 1. The molecule has 1 aromatic carbocycles. The van der Waals surface area contributed by atoms with Crippen molar-refractivity contribution in [3.63, 3.8) is 0 Å². The van der Waals surface area contributed by atoms with E-state index in [1.807, 2.05) is 33.8 Å². The van der Waals surface area contributed by atoms with Crippen molar-refractivity contribution in [3.05, 3.63) is 65.2 Å². The van der Waals surface area contributed by atoms with Crippen LogP contribution >= 0.6 is 0 Å². The lowest BCUT2D eigenvalue weighted by molar-refractivity contribution is -0.275. The Morgan fingerprint density at radius 3 is 2.22 bits per heavy atom. The van der Waals surface area contributed by atoms with E-state index in [1.54, 1.807) is 19.1 Å². The molecule has 10 heteroatoms. The number of allylic oxidation sites excluding steroid dienone is 2. The average molecular weight is 526 g/mol. The number of amides is 1. The standard InChI is InChI=1S/C14H19N3O2.C11H10F4O.C2H6/c1-5-12(13(6-2)11(4)18)9-17-10(3)14(19)16-8-7-15;1-10(4-5-10)7-2-3-8(12)9(6-7)16-11(13,14)15;1-2/h5-6,17H,3,8-9H2,1-2,4H3,(H,16,19);2-3,6H,4-5H2,1H3;1-2H3/b12-5-,13-6-;;. The Kier molecular flexibility index (Phi) is 14.0. The molecule has 0 heterocycles. The minimum atomic E-state index is -4.86. The normalized spacial score (nSPS) is 14.0. The molecular weight excluding hydrogens is 490 g/mol. The summed E-state index contributed by atoms with van der Waals surface area (Å²) in [6, 6.07) is 5.46. The maximum Gasteiger partial charge on any atom is 0.573 e. The van der Waals surface area contributed by atoms with Crippen molar-refractivity contribution < 1.29 is 31.9 Å². The Morgan fingerprint density at radius 1 is 1.19 bits per heavy atom. The van der Waals surface area contributed by atoms with Gasteiger partial charge in [0.1, 0.15) is 6.54 Å². The Morgan fingerprint density at radius 2 is 1.78 bits per heavy atom. The number of alkyl halides is 3. The first-order chi connectivity index (χ1) is 17.3. The SMILES string of the molecule is C=C(NCC(=C/C)/C(=C\C)C(C)=O)C(=O)NCC#N.CC.CC1(c2ccc(F)c(OC(F)(F)F)c2)CC1. The lowest BCUT2D eigenvalue weighted by atomic mass is 9.98. The van der Waals surface area contributed by atoms with Gasteiger partial charge < -0.3 is 15.4 Å². The molecule has 2 N–H and O–H groups in total. The van der Waals surface area contributed by atoms with Gasteiger partial charge in [0.25, 0.3) is 5.91 Å². The largest absolute Gasteiger partial charge is 0.573 e. The molecule has 0 atom stereocenters. The Hall–Kier alpha value is -3.61. The number of hydrogen-bond donors (Lipinski definition) is 2. The number of carbonyl (C=O) groups is 2. The van der Waals surface area contributed by atoms with Crippen LogP contribution in [0.5, 0.6) is 5.75 Å². The van der Waals surface area contributed by atoms with E-state index in [0.717, 1.165) is 30.5 Å². The van der Waals surface area contributed by atoms with E-state index in [1.165, 1.54) is 13.0 Å². The van der Waals surface area contributed by atoms with Gasteiger partial charge in [-0.2, -0.15) is 5.26 Å². The van der Waals surface area contributed by atoms with Gasteiger partial charge in [-0.3, -0.25) is 9.59 Å². The molecule has 37 heavy (non-hydrogen) atoms. The van der Waals surface area contributed by atoms with Gasteiger partial charge in [0, 0.05) is 12.1 Å². The van der Waals surface area contributed by atoms with E-state index < -0.39 is 23.8 Å². The summed E-state index contributed by atoms with van der Waals surface area (Å²) in [4.78, 5) is 22.9. The molecule has 0 unspecified atom stereocenters. The molecule has 0 spiro atoms. The third kappa shape index (κ3) is 11.8. The summed E-state index contributed by atoms with van der Waals surface area (Å²) < 4.78 is 52.6. The molecule has 0 saturated heterocycles. The molecule has 0 aromatic heterocycles. The maximum absolute atomic E-state index is 13.1. The number of ketones is 1. The zero-order valence-electron chi connectivity index (χ0n) is 22.1. The molecule has 0 aliphatic heterocycles. The summed E-state index contributed by atoms with van der Waals surface area (Å²) in [6.45, 7) is 14.9. The van der Waals surface area contributed by atoms with Gasteiger partial charge in [-0.25, -0.2) is 4.39 Å². The fraction of sp³-hybridized carbons (Fsp3) is 0.444. The Balaban J connectivity index is 0.000000662. The van der Waals surface area contributed by atoms with Crippen molar-refractivity contribution >= 4 is 11.7 Å². The second-order valence-electron chi connectivity index (χ2n) is 8.00. The molecule has 1 amide bonds. The summed E-state index contributed by atoms with van der Waals surface area (Å²) in [5.74, 6) is -2.21. The van der Waals surface area contributed by atoms with Crippen molar-refractivity contribution in [1.82, 2.24) is 10.6 Å². The summed E-state index contributed by atoms with van der Waals surface area (Å²) in [7, 11) is 0. The van der Waals surface area contributed by atoms with Gasteiger partial charge in [-0.15, -0.1) is 13.2 Å². The quantitative estimate of drug-likeness (QED) is 0.178.